The normalized spacial score (nSPS) is 10.6. The fraction of sp³-hybridized carbons (Fsp3) is 0.200. The van der Waals surface area contributed by atoms with Gasteiger partial charge in [-0.2, -0.15) is 5.10 Å². The van der Waals surface area contributed by atoms with Crippen molar-refractivity contribution in [3.63, 3.8) is 0 Å². The standard InChI is InChI=1S/C20H19Cl2N3O2/c1-24(20(26)14-27-19-9-17(21)7-8-18(19)22)11-16-10-23-25(13-16)12-15-5-3-2-4-6-15/h2-10,13H,11-12,14H2,1H3. The quantitative estimate of drug-likeness (QED) is 0.591. The van der Waals surface area contributed by atoms with Gasteiger partial charge in [-0.3, -0.25) is 9.48 Å². The lowest BCUT2D eigenvalue weighted by molar-refractivity contribution is -0.132. The minimum Gasteiger partial charge on any atom is -0.482 e. The van der Waals surface area contributed by atoms with Gasteiger partial charge in [0, 0.05) is 36.4 Å². The summed E-state index contributed by atoms with van der Waals surface area (Å²) in [6.07, 6.45) is 3.70. The Morgan fingerprint density at radius 3 is 2.70 bits per heavy atom. The van der Waals surface area contributed by atoms with Gasteiger partial charge in [-0.05, 0) is 17.7 Å². The van der Waals surface area contributed by atoms with Crippen molar-refractivity contribution in [2.75, 3.05) is 13.7 Å². The Hall–Kier alpha value is -2.50. The van der Waals surface area contributed by atoms with Crippen molar-refractivity contribution >= 4 is 29.1 Å². The third-order valence-corrected chi connectivity index (χ3v) is 4.51. The molecule has 0 aliphatic heterocycles. The summed E-state index contributed by atoms with van der Waals surface area (Å²) >= 11 is 12.0. The van der Waals surface area contributed by atoms with E-state index in [-0.39, 0.29) is 12.5 Å². The van der Waals surface area contributed by atoms with Gasteiger partial charge in [-0.1, -0.05) is 53.5 Å². The monoisotopic (exact) mass is 403 g/mol. The topological polar surface area (TPSA) is 47.4 Å². The van der Waals surface area contributed by atoms with E-state index in [1.165, 1.54) is 5.56 Å². The molecular formula is C20H19Cl2N3O2. The minimum atomic E-state index is -0.165. The van der Waals surface area contributed by atoms with E-state index in [9.17, 15) is 4.79 Å². The summed E-state index contributed by atoms with van der Waals surface area (Å²) in [6, 6.07) is 15.0. The number of likely N-dealkylation sites (N-methyl/N-ethyl adjacent to an activating group) is 1. The molecule has 0 radical (unpaired) electrons. The Morgan fingerprint density at radius 2 is 1.93 bits per heavy atom. The van der Waals surface area contributed by atoms with Crippen LogP contribution >= 0.6 is 23.2 Å². The van der Waals surface area contributed by atoms with Crippen molar-refractivity contribution in [2.45, 2.75) is 13.1 Å². The van der Waals surface area contributed by atoms with Crippen LogP contribution in [0.4, 0.5) is 0 Å². The Labute approximate surface area is 168 Å². The van der Waals surface area contributed by atoms with E-state index in [1.807, 2.05) is 29.1 Å². The predicted octanol–water partition coefficient (Wildman–Crippen LogP) is 4.28. The molecule has 0 bridgehead atoms. The maximum atomic E-state index is 12.3. The van der Waals surface area contributed by atoms with Crippen LogP contribution in [-0.2, 0) is 17.9 Å². The lowest BCUT2D eigenvalue weighted by Gasteiger charge is -2.17. The smallest absolute Gasteiger partial charge is 0.260 e. The summed E-state index contributed by atoms with van der Waals surface area (Å²) < 4.78 is 7.35. The van der Waals surface area contributed by atoms with Crippen LogP contribution in [0.1, 0.15) is 11.1 Å². The number of aromatic nitrogens is 2. The van der Waals surface area contributed by atoms with Crippen molar-refractivity contribution in [2.24, 2.45) is 0 Å². The Balaban J connectivity index is 1.53. The van der Waals surface area contributed by atoms with Gasteiger partial charge in [-0.25, -0.2) is 0 Å². The van der Waals surface area contributed by atoms with Gasteiger partial charge in [-0.15, -0.1) is 0 Å². The van der Waals surface area contributed by atoms with Gasteiger partial charge < -0.3 is 9.64 Å². The zero-order chi connectivity index (χ0) is 19.2. The first kappa shape index (κ1) is 19.3. The molecule has 7 heteroatoms. The van der Waals surface area contributed by atoms with Crippen LogP contribution in [-0.4, -0.2) is 34.2 Å². The number of halogens is 2. The first-order valence-corrected chi connectivity index (χ1v) is 9.14. The maximum absolute atomic E-state index is 12.3. The van der Waals surface area contributed by atoms with Crippen molar-refractivity contribution in [1.82, 2.24) is 14.7 Å². The highest BCUT2D eigenvalue weighted by Crippen LogP contribution is 2.27. The van der Waals surface area contributed by atoms with E-state index in [0.29, 0.717) is 28.9 Å². The Kier molecular flexibility index (Phi) is 6.37. The molecule has 1 aromatic heterocycles. The lowest BCUT2D eigenvalue weighted by Crippen LogP contribution is -2.30. The number of benzene rings is 2. The highest BCUT2D eigenvalue weighted by atomic mass is 35.5. The minimum absolute atomic E-state index is 0.116. The molecule has 0 aliphatic carbocycles. The molecular weight excluding hydrogens is 385 g/mol. The second-order valence-electron chi connectivity index (χ2n) is 6.14. The van der Waals surface area contributed by atoms with E-state index in [0.717, 1.165) is 5.56 Å². The maximum Gasteiger partial charge on any atom is 0.260 e. The third-order valence-electron chi connectivity index (χ3n) is 3.96. The molecule has 5 nitrogen and oxygen atoms in total. The molecule has 1 heterocycles. The van der Waals surface area contributed by atoms with Crippen molar-refractivity contribution in [1.29, 1.82) is 0 Å². The SMILES string of the molecule is CN(Cc1cnn(Cc2ccccc2)c1)C(=O)COc1cc(Cl)ccc1Cl. The highest BCUT2D eigenvalue weighted by molar-refractivity contribution is 6.34. The fourth-order valence-corrected chi connectivity index (χ4v) is 2.88. The summed E-state index contributed by atoms with van der Waals surface area (Å²) in [4.78, 5) is 13.9. The average molecular weight is 404 g/mol. The number of hydrogen-bond donors (Lipinski definition) is 0. The van der Waals surface area contributed by atoms with E-state index < -0.39 is 0 Å². The van der Waals surface area contributed by atoms with Crippen molar-refractivity contribution < 1.29 is 9.53 Å². The molecule has 0 saturated carbocycles. The molecule has 2 aromatic carbocycles. The molecule has 0 unspecified atom stereocenters. The van der Waals surface area contributed by atoms with Gasteiger partial charge in [0.15, 0.2) is 6.61 Å². The molecule has 140 valence electrons. The van der Waals surface area contributed by atoms with Gasteiger partial charge in [0.1, 0.15) is 5.75 Å². The average Bonchev–Trinajstić information content (AvgIpc) is 3.09. The number of amides is 1. The molecule has 0 N–H and O–H groups in total. The number of nitrogens with zero attached hydrogens (tertiary/aromatic N) is 3. The van der Waals surface area contributed by atoms with Crippen LogP contribution in [0.3, 0.4) is 0 Å². The summed E-state index contributed by atoms with van der Waals surface area (Å²) in [5.74, 6) is 0.225. The molecule has 1 amide bonds. The molecule has 0 fully saturated rings. The predicted molar refractivity (Wildman–Crippen MR) is 106 cm³/mol. The summed E-state index contributed by atoms with van der Waals surface area (Å²) in [5, 5.41) is 5.27. The molecule has 0 aliphatic rings. The van der Waals surface area contributed by atoms with Crippen LogP contribution in [0, 0.1) is 0 Å². The number of rotatable bonds is 7. The zero-order valence-electron chi connectivity index (χ0n) is 14.8. The molecule has 3 aromatic rings. The van der Waals surface area contributed by atoms with Gasteiger partial charge in [0.25, 0.3) is 5.91 Å². The third kappa shape index (κ3) is 5.49. The van der Waals surface area contributed by atoms with Crippen LogP contribution in [0.25, 0.3) is 0 Å². The van der Waals surface area contributed by atoms with Crippen LogP contribution < -0.4 is 4.74 Å². The summed E-state index contributed by atoms with van der Waals surface area (Å²) in [5.41, 5.74) is 2.12. The molecule has 3 rings (SSSR count). The molecule has 0 saturated heterocycles. The number of carbonyl (C=O) groups excluding carboxylic acids is 1. The van der Waals surface area contributed by atoms with E-state index >= 15 is 0 Å². The summed E-state index contributed by atoms with van der Waals surface area (Å²) in [6.45, 7) is 1.02. The van der Waals surface area contributed by atoms with Crippen LogP contribution in [0.5, 0.6) is 5.75 Å². The lowest BCUT2D eigenvalue weighted by atomic mass is 10.2. The summed E-state index contributed by atoms with van der Waals surface area (Å²) in [7, 11) is 1.72. The van der Waals surface area contributed by atoms with E-state index in [1.54, 1.807) is 36.3 Å². The molecule has 0 atom stereocenters. The van der Waals surface area contributed by atoms with Gasteiger partial charge >= 0.3 is 0 Å². The van der Waals surface area contributed by atoms with Crippen molar-refractivity contribution in [3.05, 3.63) is 82.1 Å². The Bertz CT molecular complexity index is 913. The van der Waals surface area contributed by atoms with Crippen LogP contribution in [0.2, 0.25) is 10.0 Å². The first-order chi connectivity index (χ1) is 13.0. The second kappa shape index (κ2) is 8.93. The van der Waals surface area contributed by atoms with E-state index in [4.69, 9.17) is 27.9 Å². The second-order valence-corrected chi connectivity index (χ2v) is 6.99. The molecule has 27 heavy (non-hydrogen) atoms. The number of carbonyl (C=O) groups is 1. The van der Waals surface area contributed by atoms with Crippen molar-refractivity contribution in [3.8, 4) is 5.75 Å². The largest absolute Gasteiger partial charge is 0.482 e. The molecule has 0 spiro atoms. The van der Waals surface area contributed by atoms with Gasteiger partial charge in [0.05, 0.1) is 17.8 Å². The van der Waals surface area contributed by atoms with Gasteiger partial charge in [0.2, 0.25) is 0 Å². The Morgan fingerprint density at radius 1 is 1.15 bits per heavy atom. The first-order valence-electron chi connectivity index (χ1n) is 8.38. The number of hydrogen-bond acceptors (Lipinski definition) is 3. The highest BCUT2D eigenvalue weighted by Gasteiger charge is 2.13. The fourth-order valence-electron chi connectivity index (χ4n) is 2.54. The van der Waals surface area contributed by atoms with E-state index in [2.05, 4.69) is 17.2 Å². The van der Waals surface area contributed by atoms with Crippen LogP contribution in [0.15, 0.2) is 60.9 Å². The zero-order valence-corrected chi connectivity index (χ0v) is 16.3. The number of ether oxygens (including phenoxy) is 1.